The second kappa shape index (κ2) is 7.60. The number of nitrogens with zero attached hydrogens (tertiary/aromatic N) is 4. The Morgan fingerprint density at radius 3 is 2.60 bits per heavy atom. The van der Waals surface area contributed by atoms with Crippen LogP contribution in [0.2, 0.25) is 0 Å². The Kier molecular flexibility index (Phi) is 5.10. The van der Waals surface area contributed by atoms with Gasteiger partial charge in [-0.1, -0.05) is 0 Å². The number of pyridine rings is 1. The van der Waals surface area contributed by atoms with E-state index >= 15 is 0 Å². The van der Waals surface area contributed by atoms with Crippen LogP contribution in [-0.2, 0) is 17.8 Å². The Labute approximate surface area is 177 Å². The lowest BCUT2D eigenvalue weighted by Crippen LogP contribution is -2.37. The summed E-state index contributed by atoms with van der Waals surface area (Å²) in [5, 5.41) is 0.650. The third-order valence-electron chi connectivity index (χ3n) is 5.40. The molecule has 0 radical (unpaired) electrons. The molecule has 3 amide bonds. The summed E-state index contributed by atoms with van der Waals surface area (Å²) < 4.78 is 10.4. The lowest BCUT2D eigenvalue weighted by molar-refractivity contribution is -0.118. The van der Waals surface area contributed by atoms with Crippen molar-refractivity contribution in [3.05, 3.63) is 33.7 Å². The van der Waals surface area contributed by atoms with Gasteiger partial charge in [-0.05, 0) is 18.1 Å². The first kappa shape index (κ1) is 20.1. The maximum absolute atomic E-state index is 13.1. The van der Waals surface area contributed by atoms with Crippen LogP contribution >= 0.6 is 11.3 Å². The number of methoxy groups -OCH3 is 2. The molecule has 4 rings (SSSR count). The summed E-state index contributed by atoms with van der Waals surface area (Å²) in [5.41, 5.74) is 1.86. The molecule has 0 aliphatic carbocycles. The summed E-state index contributed by atoms with van der Waals surface area (Å²) >= 11 is 1.40. The average Bonchev–Trinajstić information content (AvgIpc) is 3.12. The zero-order chi connectivity index (χ0) is 21.6. The monoisotopic (exact) mass is 430 g/mol. The van der Waals surface area contributed by atoms with Crippen LogP contribution < -0.4 is 14.4 Å². The van der Waals surface area contributed by atoms with Gasteiger partial charge in [0.25, 0.3) is 11.8 Å². The van der Waals surface area contributed by atoms with Gasteiger partial charge in [0.05, 0.1) is 26.3 Å². The largest absolute Gasteiger partial charge is 0.481 e. The molecule has 9 nitrogen and oxygen atoms in total. The number of carbonyl (C=O) groups excluding carboxylic acids is 3. The lowest BCUT2D eigenvalue weighted by atomic mass is 10.0. The van der Waals surface area contributed by atoms with Crippen molar-refractivity contribution in [1.29, 1.82) is 0 Å². The van der Waals surface area contributed by atoms with E-state index in [2.05, 4.69) is 4.98 Å². The smallest absolute Gasteiger partial charge is 0.259 e. The van der Waals surface area contributed by atoms with E-state index in [-0.39, 0.29) is 30.1 Å². The van der Waals surface area contributed by atoms with Gasteiger partial charge < -0.3 is 24.2 Å². The van der Waals surface area contributed by atoms with Crippen molar-refractivity contribution in [2.45, 2.75) is 13.0 Å². The number of hydrogen-bond acceptors (Lipinski definition) is 7. The fourth-order valence-corrected chi connectivity index (χ4v) is 5.06. The first-order valence-electron chi connectivity index (χ1n) is 9.40. The van der Waals surface area contributed by atoms with E-state index in [4.69, 9.17) is 9.47 Å². The molecule has 0 fully saturated rings. The number of hydrogen-bond donors (Lipinski definition) is 0. The van der Waals surface area contributed by atoms with Crippen LogP contribution in [0, 0.1) is 0 Å². The maximum atomic E-state index is 13.1. The lowest BCUT2D eigenvalue weighted by Gasteiger charge is -2.28. The van der Waals surface area contributed by atoms with E-state index in [1.165, 1.54) is 30.5 Å². The molecule has 0 saturated heterocycles. The first-order chi connectivity index (χ1) is 14.3. The van der Waals surface area contributed by atoms with Gasteiger partial charge in [0.15, 0.2) is 0 Å². The molecule has 10 heteroatoms. The number of rotatable bonds is 3. The van der Waals surface area contributed by atoms with Crippen molar-refractivity contribution >= 4 is 34.1 Å². The fraction of sp³-hybridized carbons (Fsp3) is 0.400. The summed E-state index contributed by atoms with van der Waals surface area (Å²) in [6, 6.07) is 3.25. The van der Waals surface area contributed by atoms with Gasteiger partial charge in [-0.2, -0.15) is 4.98 Å². The van der Waals surface area contributed by atoms with Crippen molar-refractivity contribution in [2.75, 3.05) is 46.3 Å². The highest BCUT2D eigenvalue weighted by Crippen LogP contribution is 2.41. The van der Waals surface area contributed by atoms with E-state index in [1.54, 1.807) is 36.0 Å². The highest BCUT2D eigenvalue weighted by molar-refractivity contribution is 7.17. The van der Waals surface area contributed by atoms with Crippen LogP contribution in [-0.4, -0.2) is 73.9 Å². The third kappa shape index (κ3) is 3.17. The van der Waals surface area contributed by atoms with Crippen molar-refractivity contribution in [3.63, 3.8) is 0 Å². The Bertz CT molecular complexity index is 1050. The van der Waals surface area contributed by atoms with Crippen LogP contribution in [0.5, 0.6) is 11.8 Å². The SMILES string of the molecule is COc1ccc(C(=O)N2CCc3c(sc4c3C(=O)N(C)CC(=O)N4C)C2)c(OC)n1. The van der Waals surface area contributed by atoms with Gasteiger partial charge in [0.2, 0.25) is 17.7 Å². The molecule has 0 bridgehead atoms. The zero-order valence-corrected chi connectivity index (χ0v) is 18.0. The van der Waals surface area contributed by atoms with Crippen molar-refractivity contribution in [3.8, 4) is 11.8 Å². The maximum Gasteiger partial charge on any atom is 0.259 e. The molecule has 2 aromatic rings. The van der Waals surface area contributed by atoms with Crippen LogP contribution in [0.1, 0.15) is 31.2 Å². The van der Waals surface area contributed by atoms with Gasteiger partial charge in [0, 0.05) is 31.6 Å². The van der Waals surface area contributed by atoms with Crippen molar-refractivity contribution < 1.29 is 23.9 Å². The molecule has 2 aliphatic heterocycles. The predicted molar refractivity (Wildman–Crippen MR) is 110 cm³/mol. The minimum absolute atomic E-state index is 0.0559. The summed E-state index contributed by atoms with van der Waals surface area (Å²) in [4.78, 5) is 48.2. The van der Waals surface area contributed by atoms with E-state index < -0.39 is 0 Å². The van der Waals surface area contributed by atoms with E-state index in [0.717, 1.165) is 10.4 Å². The average molecular weight is 430 g/mol. The van der Waals surface area contributed by atoms with Gasteiger partial charge in [0.1, 0.15) is 17.1 Å². The predicted octanol–water partition coefficient (Wildman–Crippen LogP) is 1.41. The molecule has 0 aromatic carbocycles. The third-order valence-corrected chi connectivity index (χ3v) is 6.70. The number of thiophene rings is 1. The summed E-state index contributed by atoms with van der Waals surface area (Å²) in [6.07, 6.45) is 0.542. The summed E-state index contributed by atoms with van der Waals surface area (Å²) in [7, 11) is 6.27. The van der Waals surface area contributed by atoms with Crippen LogP contribution in [0.15, 0.2) is 12.1 Å². The van der Waals surface area contributed by atoms with Crippen LogP contribution in [0.3, 0.4) is 0 Å². The molecule has 0 unspecified atom stereocenters. The second-order valence-electron chi connectivity index (χ2n) is 7.19. The standard InChI is InChI=1S/C20H22N4O5S/c1-22-10-15(25)23(2)20-16(19(22)27)11-7-8-24(9-13(11)30-20)18(26)12-5-6-14(28-3)21-17(12)29-4/h5-6H,7-10H2,1-4H3. The number of carbonyl (C=O) groups is 3. The molecule has 2 aromatic heterocycles. The minimum atomic E-state index is -0.205. The Morgan fingerprint density at radius 2 is 1.90 bits per heavy atom. The topological polar surface area (TPSA) is 92.3 Å². The number of amides is 3. The van der Waals surface area contributed by atoms with Crippen LogP contribution in [0.4, 0.5) is 5.00 Å². The van der Waals surface area contributed by atoms with Crippen molar-refractivity contribution in [2.24, 2.45) is 0 Å². The van der Waals surface area contributed by atoms with Gasteiger partial charge in [-0.25, -0.2) is 0 Å². The van der Waals surface area contributed by atoms with Crippen molar-refractivity contribution in [1.82, 2.24) is 14.8 Å². The highest BCUT2D eigenvalue weighted by Gasteiger charge is 2.36. The molecule has 0 saturated carbocycles. The molecule has 0 atom stereocenters. The Hall–Kier alpha value is -3.14. The molecular formula is C20H22N4O5S. The molecule has 4 heterocycles. The molecule has 0 spiro atoms. The fourth-order valence-electron chi connectivity index (χ4n) is 3.73. The summed E-state index contributed by atoms with van der Waals surface area (Å²) in [6.45, 7) is 0.874. The second-order valence-corrected chi connectivity index (χ2v) is 8.27. The van der Waals surface area contributed by atoms with Gasteiger partial charge in [-0.15, -0.1) is 11.3 Å². The van der Waals surface area contributed by atoms with Gasteiger partial charge in [-0.3, -0.25) is 14.4 Å². The molecule has 0 N–H and O–H groups in total. The zero-order valence-electron chi connectivity index (χ0n) is 17.2. The number of fused-ring (bicyclic) bond motifs is 3. The Morgan fingerprint density at radius 1 is 1.13 bits per heavy atom. The molecule has 30 heavy (non-hydrogen) atoms. The van der Waals surface area contributed by atoms with E-state index in [0.29, 0.717) is 41.5 Å². The number of aromatic nitrogens is 1. The Balaban J connectivity index is 1.66. The highest BCUT2D eigenvalue weighted by atomic mass is 32.1. The van der Waals surface area contributed by atoms with Gasteiger partial charge >= 0.3 is 0 Å². The first-order valence-corrected chi connectivity index (χ1v) is 10.2. The van der Waals surface area contributed by atoms with E-state index in [1.807, 2.05) is 0 Å². The quantitative estimate of drug-likeness (QED) is 0.731. The van der Waals surface area contributed by atoms with Crippen LogP contribution in [0.25, 0.3) is 0 Å². The summed E-state index contributed by atoms with van der Waals surface area (Å²) in [5.74, 6) is 0.0752. The number of ether oxygens (including phenoxy) is 2. The molecule has 2 aliphatic rings. The minimum Gasteiger partial charge on any atom is -0.481 e. The number of anilines is 1. The normalized spacial score (nSPS) is 16.2. The molecular weight excluding hydrogens is 408 g/mol. The number of likely N-dealkylation sites (N-methyl/N-ethyl adjacent to an activating group) is 2. The molecule has 158 valence electrons. The van der Waals surface area contributed by atoms with E-state index in [9.17, 15) is 14.4 Å².